The maximum atomic E-state index is 13.0. The number of fused-ring (bicyclic) bond motifs is 1. The Hall–Kier alpha value is -2.80. The highest BCUT2D eigenvalue weighted by Crippen LogP contribution is 2.18. The minimum Gasteiger partial charge on any atom is -0.353 e. The van der Waals surface area contributed by atoms with E-state index in [2.05, 4.69) is 15.7 Å². The first-order valence-electron chi connectivity index (χ1n) is 8.84. The molecule has 1 atom stereocenters. The number of anilines is 1. The molecule has 0 spiro atoms. The SMILES string of the molecule is CC[C@H](C)NC(=O)CSc1nc2ccccc2c(=O)n1Nc1ccccc1. The number of nitrogens with zero attached hydrogens (tertiary/aromatic N) is 2. The lowest BCUT2D eigenvalue weighted by Crippen LogP contribution is -2.34. The number of rotatable bonds is 7. The van der Waals surface area contributed by atoms with Crippen LogP contribution >= 0.6 is 11.8 Å². The zero-order valence-corrected chi connectivity index (χ0v) is 16.1. The van der Waals surface area contributed by atoms with Crippen molar-refractivity contribution in [1.82, 2.24) is 15.0 Å². The second kappa shape index (κ2) is 8.73. The zero-order chi connectivity index (χ0) is 19.2. The molecule has 1 amide bonds. The van der Waals surface area contributed by atoms with Gasteiger partial charge in [0.05, 0.1) is 22.3 Å². The number of amides is 1. The van der Waals surface area contributed by atoms with Crippen molar-refractivity contribution in [1.29, 1.82) is 0 Å². The van der Waals surface area contributed by atoms with Gasteiger partial charge in [-0.25, -0.2) is 4.98 Å². The van der Waals surface area contributed by atoms with E-state index in [-0.39, 0.29) is 23.3 Å². The Morgan fingerprint density at radius 1 is 1.15 bits per heavy atom. The predicted molar refractivity (Wildman–Crippen MR) is 110 cm³/mol. The molecule has 1 heterocycles. The topological polar surface area (TPSA) is 76.0 Å². The van der Waals surface area contributed by atoms with Crippen LogP contribution < -0.4 is 16.3 Å². The van der Waals surface area contributed by atoms with Gasteiger partial charge in [0, 0.05) is 6.04 Å². The molecule has 0 unspecified atom stereocenters. The molecule has 0 aliphatic carbocycles. The van der Waals surface area contributed by atoms with Crippen molar-refractivity contribution in [3.05, 3.63) is 65.0 Å². The molecule has 0 bridgehead atoms. The Balaban J connectivity index is 1.93. The first kappa shape index (κ1) is 19.0. The Morgan fingerprint density at radius 2 is 1.85 bits per heavy atom. The number of nitrogens with one attached hydrogen (secondary N) is 2. The molecule has 27 heavy (non-hydrogen) atoms. The van der Waals surface area contributed by atoms with E-state index in [4.69, 9.17) is 0 Å². The molecule has 140 valence electrons. The summed E-state index contributed by atoms with van der Waals surface area (Å²) in [5.41, 5.74) is 4.27. The molecule has 0 radical (unpaired) electrons. The molecule has 3 aromatic rings. The van der Waals surface area contributed by atoms with E-state index in [1.54, 1.807) is 12.1 Å². The van der Waals surface area contributed by atoms with Crippen LogP contribution in [0.25, 0.3) is 10.9 Å². The average molecular weight is 382 g/mol. The van der Waals surface area contributed by atoms with Gasteiger partial charge in [-0.05, 0) is 37.6 Å². The predicted octanol–water partition coefficient (Wildman–Crippen LogP) is 3.28. The Labute approximate surface area is 162 Å². The van der Waals surface area contributed by atoms with Crippen LogP contribution in [0, 0.1) is 0 Å². The number of hydrogen-bond acceptors (Lipinski definition) is 5. The largest absolute Gasteiger partial charge is 0.353 e. The summed E-state index contributed by atoms with van der Waals surface area (Å²) < 4.78 is 1.40. The molecule has 0 fully saturated rings. The lowest BCUT2D eigenvalue weighted by atomic mass is 10.2. The number of carbonyl (C=O) groups excluding carboxylic acids is 1. The highest BCUT2D eigenvalue weighted by Gasteiger charge is 2.14. The fourth-order valence-corrected chi connectivity index (χ4v) is 3.26. The molecule has 2 aromatic carbocycles. The molecule has 0 aliphatic heterocycles. The third-order valence-electron chi connectivity index (χ3n) is 4.11. The van der Waals surface area contributed by atoms with Gasteiger partial charge in [-0.2, -0.15) is 4.68 Å². The molecule has 0 aliphatic rings. The second-order valence-electron chi connectivity index (χ2n) is 6.20. The normalized spacial score (nSPS) is 11.9. The summed E-state index contributed by atoms with van der Waals surface area (Å²) >= 11 is 1.23. The number of thioether (sulfide) groups is 1. The van der Waals surface area contributed by atoms with Gasteiger partial charge >= 0.3 is 0 Å². The molecule has 2 N–H and O–H groups in total. The fraction of sp³-hybridized carbons (Fsp3) is 0.250. The van der Waals surface area contributed by atoms with E-state index < -0.39 is 0 Å². The number of carbonyl (C=O) groups is 1. The Morgan fingerprint density at radius 3 is 2.59 bits per heavy atom. The summed E-state index contributed by atoms with van der Waals surface area (Å²) in [6, 6.07) is 16.7. The molecule has 1 aromatic heterocycles. The van der Waals surface area contributed by atoms with Crippen LogP contribution in [0.2, 0.25) is 0 Å². The van der Waals surface area contributed by atoms with E-state index in [0.29, 0.717) is 16.1 Å². The van der Waals surface area contributed by atoms with Gasteiger partial charge in [0.15, 0.2) is 5.16 Å². The van der Waals surface area contributed by atoms with E-state index in [9.17, 15) is 9.59 Å². The van der Waals surface area contributed by atoms with Gasteiger partial charge in [0.25, 0.3) is 5.56 Å². The van der Waals surface area contributed by atoms with E-state index >= 15 is 0 Å². The smallest absolute Gasteiger partial charge is 0.280 e. The minimum absolute atomic E-state index is 0.0805. The summed E-state index contributed by atoms with van der Waals surface area (Å²) in [7, 11) is 0. The van der Waals surface area contributed by atoms with Crippen molar-refractivity contribution in [2.75, 3.05) is 11.2 Å². The maximum absolute atomic E-state index is 13.0. The quantitative estimate of drug-likeness (QED) is 0.484. The molecule has 3 rings (SSSR count). The van der Waals surface area contributed by atoms with Crippen LogP contribution in [-0.4, -0.2) is 27.4 Å². The number of hydrogen-bond donors (Lipinski definition) is 2. The van der Waals surface area contributed by atoms with Gasteiger partial charge in [-0.3, -0.25) is 15.0 Å². The van der Waals surface area contributed by atoms with Crippen molar-refractivity contribution in [2.45, 2.75) is 31.5 Å². The molecule has 6 nitrogen and oxygen atoms in total. The number of para-hydroxylation sites is 2. The van der Waals surface area contributed by atoms with Crippen LogP contribution in [0.1, 0.15) is 20.3 Å². The molecule has 0 saturated heterocycles. The first-order valence-corrected chi connectivity index (χ1v) is 9.83. The standard InChI is InChI=1S/C20H22N4O2S/c1-3-14(2)21-18(25)13-27-20-22-17-12-8-7-11-16(17)19(26)24(20)23-15-9-5-4-6-10-15/h4-12,14,23H,3,13H2,1-2H3,(H,21,25)/t14-/m0/s1. The second-order valence-corrected chi connectivity index (χ2v) is 7.14. The van der Waals surface area contributed by atoms with Crippen LogP contribution in [0.4, 0.5) is 5.69 Å². The summed E-state index contributed by atoms with van der Waals surface area (Å²) in [5, 5.41) is 3.89. The van der Waals surface area contributed by atoms with Gasteiger partial charge in [0.1, 0.15) is 0 Å². The Bertz CT molecular complexity index is 988. The van der Waals surface area contributed by atoms with Crippen molar-refractivity contribution in [3.63, 3.8) is 0 Å². The monoisotopic (exact) mass is 382 g/mol. The van der Waals surface area contributed by atoms with Gasteiger partial charge in [-0.15, -0.1) is 0 Å². The van der Waals surface area contributed by atoms with Crippen molar-refractivity contribution < 1.29 is 4.79 Å². The van der Waals surface area contributed by atoms with E-state index in [1.165, 1.54) is 16.4 Å². The lowest BCUT2D eigenvalue weighted by molar-refractivity contribution is -0.119. The number of benzene rings is 2. The average Bonchev–Trinajstić information content (AvgIpc) is 2.69. The van der Waals surface area contributed by atoms with Crippen LogP contribution in [0.3, 0.4) is 0 Å². The van der Waals surface area contributed by atoms with Crippen molar-refractivity contribution >= 4 is 34.3 Å². The molecule has 7 heteroatoms. The fourth-order valence-electron chi connectivity index (χ4n) is 2.50. The summed E-state index contributed by atoms with van der Waals surface area (Å²) in [5.74, 6) is 0.106. The number of aromatic nitrogens is 2. The third-order valence-corrected chi connectivity index (χ3v) is 5.05. The Kier molecular flexibility index (Phi) is 6.13. The van der Waals surface area contributed by atoms with Crippen molar-refractivity contribution in [2.24, 2.45) is 0 Å². The van der Waals surface area contributed by atoms with Crippen LogP contribution in [0.15, 0.2) is 64.5 Å². The summed E-state index contributed by atoms with van der Waals surface area (Å²) in [6.45, 7) is 3.98. The van der Waals surface area contributed by atoms with Crippen LogP contribution in [0.5, 0.6) is 0 Å². The van der Waals surface area contributed by atoms with Gasteiger partial charge < -0.3 is 5.32 Å². The van der Waals surface area contributed by atoms with Crippen LogP contribution in [-0.2, 0) is 4.79 Å². The zero-order valence-electron chi connectivity index (χ0n) is 15.3. The minimum atomic E-state index is -0.200. The highest BCUT2D eigenvalue weighted by molar-refractivity contribution is 7.99. The van der Waals surface area contributed by atoms with Gasteiger partial charge in [0.2, 0.25) is 5.91 Å². The van der Waals surface area contributed by atoms with Gasteiger partial charge in [-0.1, -0.05) is 49.0 Å². The summed E-state index contributed by atoms with van der Waals surface area (Å²) in [6.07, 6.45) is 0.866. The molecular formula is C20H22N4O2S. The van der Waals surface area contributed by atoms with E-state index in [1.807, 2.05) is 56.3 Å². The maximum Gasteiger partial charge on any atom is 0.280 e. The van der Waals surface area contributed by atoms with Crippen molar-refractivity contribution in [3.8, 4) is 0 Å². The summed E-state index contributed by atoms with van der Waals surface area (Å²) in [4.78, 5) is 29.7. The highest BCUT2D eigenvalue weighted by atomic mass is 32.2. The third kappa shape index (κ3) is 4.68. The first-order chi connectivity index (χ1) is 13.1. The molecular weight excluding hydrogens is 360 g/mol. The van der Waals surface area contributed by atoms with E-state index in [0.717, 1.165) is 12.1 Å². The molecule has 0 saturated carbocycles. The lowest BCUT2D eigenvalue weighted by Gasteiger charge is -2.15.